The molecule has 1 fully saturated rings. The number of hydrogen-bond acceptors (Lipinski definition) is 7. The smallest absolute Gasteiger partial charge is 0.267 e. The molecule has 8 heteroatoms. The van der Waals surface area contributed by atoms with Crippen LogP contribution in [0, 0.1) is 6.92 Å². The Hall–Kier alpha value is -1.83. The Morgan fingerprint density at radius 3 is 3.04 bits per heavy atom. The fourth-order valence-corrected chi connectivity index (χ4v) is 3.36. The van der Waals surface area contributed by atoms with E-state index < -0.39 is 0 Å². The first-order valence-electron chi connectivity index (χ1n) is 8.01. The molecule has 0 radical (unpaired) electrons. The first kappa shape index (κ1) is 16.0. The SMILES string of the molecule is CCC(C)c1noc(C2CCCN(C(=O)c3snnc3C)C2)n1. The summed E-state index contributed by atoms with van der Waals surface area (Å²) in [7, 11) is 0. The minimum Gasteiger partial charge on any atom is -0.339 e. The maximum Gasteiger partial charge on any atom is 0.267 e. The molecule has 0 aromatic carbocycles. The van der Waals surface area contributed by atoms with E-state index in [9.17, 15) is 4.79 Å². The van der Waals surface area contributed by atoms with Crippen LogP contribution in [0.15, 0.2) is 4.52 Å². The van der Waals surface area contributed by atoms with Gasteiger partial charge in [0.05, 0.1) is 11.6 Å². The molecule has 2 aromatic heterocycles. The fraction of sp³-hybridized carbons (Fsp3) is 0.667. The number of rotatable bonds is 4. The highest BCUT2D eigenvalue weighted by Crippen LogP contribution is 2.28. The van der Waals surface area contributed by atoms with Gasteiger partial charge in [-0.1, -0.05) is 23.5 Å². The molecule has 124 valence electrons. The molecular formula is C15H21N5O2S. The number of piperidine rings is 1. The quantitative estimate of drug-likeness (QED) is 0.854. The van der Waals surface area contributed by atoms with Crippen molar-refractivity contribution in [1.82, 2.24) is 24.6 Å². The minimum absolute atomic E-state index is 0.00358. The molecule has 1 aliphatic heterocycles. The average molecular weight is 335 g/mol. The monoisotopic (exact) mass is 335 g/mol. The van der Waals surface area contributed by atoms with Gasteiger partial charge >= 0.3 is 0 Å². The molecule has 7 nitrogen and oxygen atoms in total. The summed E-state index contributed by atoms with van der Waals surface area (Å²) in [5, 5.41) is 8.01. The molecule has 2 unspecified atom stereocenters. The number of carbonyl (C=O) groups is 1. The highest BCUT2D eigenvalue weighted by molar-refractivity contribution is 7.07. The van der Waals surface area contributed by atoms with E-state index in [2.05, 4.69) is 33.6 Å². The van der Waals surface area contributed by atoms with Crippen LogP contribution in [0.5, 0.6) is 0 Å². The van der Waals surface area contributed by atoms with E-state index in [1.54, 1.807) is 0 Å². The molecular weight excluding hydrogens is 314 g/mol. The van der Waals surface area contributed by atoms with Crippen molar-refractivity contribution in [3.05, 3.63) is 22.3 Å². The van der Waals surface area contributed by atoms with E-state index in [0.717, 1.165) is 43.2 Å². The summed E-state index contributed by atoms with van der Waals surface area (Å²) < 4.78 is 9.30. The second-order valence-electron chi connectivity index (χ2n) is 6.08. The summed E-state index contributed by atoms with van der Waals surface area (Å²) in [5.41, 5.74) is 0.693. The van der Waals surface area contributed by atoms with Crippen LogP contribution in [0.4, 0.5) is 0 Å². The van der Waals surface area contributed by atoms with Crippen molar-refractivity contribution in [1.29, 1.82) is 0 Å². The molecule has 0 saturated carbocycles. The molecule has 0 bridgehead atoms. The lowest BCUT2D eigenvalue weighted by Crippen LogP contribution is -2.39. The highest BCUT2D eigenvalue weighted by atomic mass is 32.1. The summed E-state index contributed by atoms with van der Waals surface area (Å²) in [4.78, 5) is 19.6. The van der Waals surface area contributed by atoms with Gasteiger partial charge in [-0.05, 0) is 37.7 Å². The second-order valence-corrected chi connectivity index (χ2v) is 6.83. The standard InChI is InChI=1S/C15H21N5O2S/c1-4-9(2)13-16-14(22-18-13)11-6-5-7-20(8-11)15(21)12-10(3)17-19-23-12/h9,11H,4-8H2,1-3H3. The summed E-state index contributed by atoms with van der Waals surface area (Å²) in [5.74, 6) is 1.81. The van der Waals surface area contributed by atoms with Crippen LogP contribution in [-0.2, 0) is 0 Å². The summed E-state index contributed by atoms with van der Waals surface area (Å²) in [6.07, 6.45) is 2.88. The summed E-state index contributed by atoms with van der Waals surface area (Å²) in [6, 6.07) is 0. The Morgan fingerprint density at radius 1 is 1.52 bits per heavy atom. The topological polar surface area (TPSA) is 85.0 Å². The van der Waals surface area contributed by atoms with E-state index in [0.29, 0.717) is 28.9 Å². The van der Waals surface area contributed by atoms with Gasteiger partial charge in [0, 0.05) is 19.0 Å². The zero-order valence-corrected chi connectivity index (χ0v) is 14.5. The molecule has 3 heterocycles. The van der Waals surface area contributed by atoms with Gasteiger partial charge in [-0.2, -0.15) is 4.98 Å². The van der Waals surface area contributed by atoms with Gasteiger partial charge in [0.25, 0.3) is 5.91 Å². The summed E-state index contributed by atoms with van der Waals surface area (Å²) >= 11 is 1.16. The van der Waals surface area contributed by atoms with Crippen molar-refractivity contribution >= 4 is 17.4 Å². The number of carbonyl (C=O) groups excluding carboxylic acids is 1. The number of amides is 1. The Morgan fingerprint density at radius 2 is 2.35 bits per heavy atom. The molecule has 0 aliphatic carbocycles. The van der Waals surface area contributed by atoms with Gasteiger partial charge in [0.2, 0.25) is 5.89 Å². The van der Waals surface area contributed by atoms with Crippen LogP contribution in [0.25, 0.3) is 0 Å². The second kappa shape index (κ2) is 6.74. The Balaban J connectivity index is 1.72. The van der Waals surface area contributed by atoms with Gasteiger partial charge in [-0.3, -0.25) is 4.79 Å². The van der Waals surface area contributed by atoms with Crippen molar-refractivity contribution in [2.24, 2.45) is 0 Å². The van der Waals surface area contributed by atoms with Crippen LogP contribution < -0.4 is 0 Å². The maximum atomic E-state index is 12.6. The number of likely N-dealkylation sites (tertiary alicyclic amines) is 1. The Labute approximate surface area is 139 Å². The molecule has 1 aliphatic rings. The van der Waals surface area contributed by atoms with E-state index in [4.69, 9.17) is 4.52 Å². The van der Waals surface area contributed by atoms with Gasteiger partial charge in [-0.25, -0.2) is 0 Å². The van der Waals surface area contributed by atoms with Crippen molar-refractivity contribution < 1.29 is 9.32 Å². The van der Waals surface area contributed by atoms with E-state index in [1.165, 1.54) is 0 Å². The Kier molecular flexibility index (Phi) is 4.70. The third kappa shape index (κ3) is 3.26. The lowest BCUT2D eigenvalue weighted by Gasteiger charge is -2.30. The largest absolute Gasteiger partial charge is 0.339 e. The summed E-state index contributed by atoms with van der Waals surface area (Å²) in [6.45, 7) is 7.37. The first-order chi connectivity index (χ1) is 11.1. The molecule has 2 aromatic rings. The lowest BCUT2D eigenvalue weighted by atomic mass is 9.97. The number of aryl methyl sites for hydroxylation is 1. The maximum absolute atomic E-state index is 12.6. The zero-order valence-electron chi connectivity index (χ0n) is 13.7. The normalized spacial score (nSPS) is 19.8. The van der Waals surface area contributed by atoms with Crippen LogP contribution >= 0.6 is 11.5 Å². The van der Waals surface area contributed by atoms with Crippen molar-refractivity contribution in [2.45, 2.75) is 51.9 Å². The molecule has 2 atom stereocenters. The zero-order chi connectivity index (χ0) is 16.4. The molecule has 1 saturated heterocycles. The van der Waals surface area contributed by atoms with E-state index >= 15 is 0 Å². The number of aromatic nitrogens is 4. The van der Waals surface area contributed by atoms with Gasteiger partial charge < -0.3 is 9.42 Å². The van der Waals surface area contributed by atoms with Crippen LogP contribution in [0.2, 0.25) is 0 Å². The minimum atomic E-state index is 0.00358. The van der Waals surface area contributed by atoms with Crippen LogP contribution in [0.3, 0.4) is 0 Å². The fourth-order valence-electron chi connectivity index (χ4n) is 2.73. The molecule has 0 spiro atoms. The number of hydrogen-bond donors (Lipinski definition) is 0. The van der Waals surface area contributed by atoms with Gasteiger partial charge in [-0.15, -0.1) is 5.10 Å². The van der Waals surface area contributed by atoms with Gasteiger partial charge in [0.1, 0.15) is 4.88 Å². The van der Waals surface area contributed by atoms with Gasteiger partial charge in [0.15, 0.2) is 5.82 Å². The average Bonchev–Trinajstić information content (AvgIpc) is 3.22. The van der Waals surface area contributed by atoms with Crippen LogP contribution in [0.1, 0.15) is 72.0 Å². The van der Waals surface area contributed by atoms with Crippen molar-refractivity contribution in [3.63, 3.8) is 0 Å². The van der Waals surface area contributed by atoms with E-state index in [-0.39, 0.29) is 11.8 Å². The van der Waals surface area contributed by atoms with Crippen molar-refractivity contribution in [3.8, 4) is 0 Å². The Bertz CT molecular complexity index is 683. The first-order valence-corrected chi connectivity index (χ1v) is 8.79. The third-order valence-corrected chi connectivity index (χ3v) is 5.23. The predicted octanol–water partition coefficient (Wildman–Crippen LogP) is 2.76. The molecule has 0 N–H and O–H groups in total. The highest BCUT2D eigenvalue weighted by Gasteiger charge is 2.30. The molecule has 1 amide bonds. The third-order valence-electron chi connectivity index (χ3n) is 4.41. The van der Waals surface area contributed by atoms with E-state index in [1.807, 2.05) is 11.8 Å². The van der Waals surface area contributed by atoms with Crippen molar-refractivity contribution in [2.75, 3.05) is 13.1 Å². The molecule has 23 heavy (non-hydrogen) atoms. The predicted molar refractivity (Wildman–Crippen MR) is 85.5 cm³/mol. The number of nitrogens with zero attached hydrogens (tertiary/aromatic N) is 5. The molecule has 3 rings (SSSR count). The lowest BCUT2D eigenvalue weighted by molar-refractivity contribution is 0.0699. The van der Waals surface area contributed by atoms with Crippen LogP contribution in [-0.4, -0.2) is 43.6 Å².